The first-order valence-electron chi connectivity index (χ1n) is 6.17. The van der Waals surface area contributed by atoms with Crippen LogP contribution in [0.3, 0.4) is 0 Å². The van der Waals surface area contributed by atoms with E-state index < -0.39 is 12.1 Å². The van der Waals surface area contributed by atoms with Crippen molar-refractivity contribution in [3.05, 3.63) is 54.2 Å². The highest BCUT2D eigenvalue weighted by atomic mass is 19.1. The van der Waals surface area contributed by atoms with Gasteiger partial charge < -0.3 is 20.2 Å². The van der Waals surface area contributed by atoms with E-state index in [4.69, 9.17) is 4.42 Å². The van der Waals surface area contributed by atoms with Crippen LogP contribution in [0.25, 0.3) is 0 Å². The number of carbonyl (C=O) groups is 1. The molecule has 2 aromatic rings. The largest absolute Gasteiger partial charge is 0.467 e. The second kappa shape index (κ2) is 6.72. The molecule has 5 nitrogen and oxygen atoms in total. The van der Waals surface area contributed by atoms with Gasteiger partial charge in [0.25, 0.3) is 0 Å². The quantitative estimate of drug-likeness (QED) is 0.787. The molecule has 0 aliphatic carbocycles. The van der Waals surface area contributed by atoms with Crippen molar-refractivity contribution in [2.75, 3.05) is 11.9 Å². The summed E-state index contributed by atoms with van der Waals surface area (Å²) in [6, 6.07) is 8.39. The van der Waals surface area contributed by atoms with Crippen LogP contribution in [0.15, 0.2) is 47.1 Å². The van der Waals surface area contributed by atoms with Crippen molar-refractivity contribution < 1.29 is 18.7 Å². The summed E-state index contributed by atoms with van der Waals surface area (Å²) in [6.07, 6.45) is 1.06. The molecule has 2 rings (SSSR count). The molecule has 0 aliphatic rings. The molecule has 3 N–H and O–H groups in total. The third-order valence-electron chi connectivity index (χ3n) is 2.68. The molecule has 6 heteroatoms. The average molecular weight is 278 g/mol. The van der Waals surface area contributed by atoms with Crippen LogP contribution >= 0.6 is 0 Å². The number of anilines is 1. The molecular weight excluding hydrogens is 263 g/mol. The Morgan fingerprint density at radius 2 is 2.05 bits per heavy atom. The molecule has 1 atom stereocenters. The van der Waals surface area contributed by atoms with Crippen LogP contribution in [0.2, 0.25) is 0 Å². The monoisotopic (exact) mass is 278 g/mol. The molecule has 1 heterocycles. The summed E-state index contributed by atoms with van der Waals surface area (Å²) in [5.74, 6) is 0.100. The predicted octanol–water partition coefficient (Wildman–Crippen LogP) is 2.66. The number of hydrogen-bond acceptors (Lipinski definition) is 3. The summed E-state index contributed by atoms with van der Waals surface area (Å²) < 4.78 is 17.7. The van der Waals surface area contributed by atoms with Gasteiger partial charge in [0.1, 0.15) is 17.7 Å². The third-order valence-corrected chi connectivity index (χ3v) is 2.68. The molecule has 1 aromatic heterocycles. The average Bonchev–Trinajstić information content (AvgIpc) is 2.95. The van der Waals surface area contributed by atoms with E-state index in [1.54, 1.807) is 12.1 Å². The van der Waals surface area contributed by atoms with Crippen molar-refractivity contribution in [3.63, 3.8) is 0 Å². The highest BCUT2D eigenvalue weighted by molar-refractivity contribution is 5.89. The van der Waals surface area contributed by atoms with Gasteiger partial charge in [0.15, 0.2) is 0 Å². The fourth-order valence-electron chi connectivity index (χ4n) is 1.65. The van der Waals surface area contributed by atoms with Gasteiger partial charge in [-0.15, -0.1) is 0 Å². The molecule has 1 unspecified atom stereocenters. The molecule has 1 aromatic carbocycles. The minimum Gasteiger partial charge on any atom is -0.467 e. The number of nitrogens with one attached hydrogen (secondary N) is 2. The molecule has 20 heavy (non-hydrogen) atoms. The number of urea groups is 1. The van der Waals surface area contributed by atoms with Crippen molar-refractivity contribution in [1.82, 2.24) is 5.32 Å². The molecule has 0 saturated heterocycles. The minimum atomic E-state index is -0.754. The zero-order valence-electron chi connectivity index (χ0n) is 10.7. The lowest BCUT2D eigenvalue weighted by Crippen LogP contribution is -2.30. The fourth-order valence-corrected chi connectivity index (χ4v) is 1.65. The summed E-state index contributed by atoms with van der Waals surface area (Å²) in [4.78, 5) is 11.5. The number of amides is 2. The van der Waals surface area contributed by atoms with Crippen LogP contribution in [0, 0.1) is 5.82 Å². The lowest BCUT2D eigenvalue weighted by atomic mass is 10.2. The highest BCUT2D eigenvalue weighted by Gasteiger charge is 2.10. The normalized spacial score (nSPS) is 11.9. The molecule has 0 aliphatic heterocycles. The van der Waals surface area contributed by atoms with Crippen LogP contribution in [0.1, 0.15) is 18.3 Å². The molecule has 0 saturated carbocycles. The molecule has 0 bridgehead atoms. The van der Waals surface area contributed by atoms with Gasteiger partial charge in [-0.2, -0.15) is 0 Å². The first kappa shape index (κ1) is 14.1. The topological polar surface area (TPSA) is 74.5 Å². The number of halogens is 1. The van der Waals surface area contributed by atoms with Crippen molar-refractivity contribution >= 4 is 11.7 Å². The Kier molecular flexibility index (Phi) is 4.73. The number of aliphatic hydroxyl groups is 1. The van der Waals surface area contributed by atoms with Gasteiger partial charge in [-0.05, 0) is 42.8 Å². The number of furan rings is 1. The van der Waals surface area contributed by atoms with Gasteiger partial charge in [0, 0.05) is 12.2 Å². The maximum absolute atomic E-state index is 12.7. The lowest BCUT2D eigenvalue weighted by Gasteiger charge is -2.10. The van der Waals surface area contributed by atoms with Crippen molar-refractivity contribution in [1.29, 1.82) is 0 Å². The Morgan fingerprint density at radius 3 is 2.70 bits per heavy atom. The van der Waals surface area contributed by atoms with Gasteiger partial charge in [0.2, 0.25) is 0 Å². The van der Waals surface area contributed by atoms with Crippen molar-refractivity contribution in [3.8, 4) is 0 Å². The minimum absolute atomic E-state index is 0.287. The summed E-state index contributed by atoms with van der Waals surface area (Å²) in [7, 11) is 0. The van der Waals surface area contributed by atoms with Gasteiger partial charge in [-0.25, -0.2) is 9.18 Å². The maximum atomic E-state index is 12.7. The fraction of sp³-hybridized carbons (Fsp3) is 0.214. The van der Waals surface area contributed by atoms with Gasteiger partial charge in [0.05, 0.1) is 6.26 Å². The van der Waals surface area contributed by atoms with E-state index >= 15 is 0 Å². The standard InChI is InChI=1S/C14H15FN2O3/c15-10-3-5-11(6-4-10)17-14(19)16-8-7-12(18)13-2-1-9-20-13/h1-6,9,12,18H,7-8H2,(H2,16,17,19). The van der Waals surface area contributed by atoms with Crippen LogP contribution in [-0.4, -0.2) is 17.7 Å². The first-order chi connectivity index (χ1) is 9.65. The molecule has 0 radical (unpaired) electrons. The second-order valence-electron chi connectivity index (χ2n) is 4.21. The number of carbonyl (C=O) groups excluding carboxylic acids is 1. The van der Waals surface area contributed by atoms with Crippen molar-refractivity contribution in [2.24, 2.45) is 0 Å². The van der Waals surface area contributed by atoms with E-state index in [9.17, 15) is 14.3 Å². The Morgan fingerprint density at radius 1 is 1.30 bits per heavy atom. The number of benzene rings is 1. The van der Waals surface area contributed by atoms with E-state index in [1.165, 1.54) is 30.5 Å². The molecular formula is C14H15FN2O3. The summed E-state index contributed by atoms with van der Waals surface area (Å²) in [5, 5.41) is 14.9. The van der Waals surface area contributed by atoms with Crippen LogP contribution in [0.4, 0.5) is 14.9 Å². The van der Waals surface area contributed by atoms with Crippen LogP contribution in [-0.2, 0) is 0 Å². The van der Waals surface area contributed by atoms with E-state index in [0.29, 0.717) is 17.9 Å². The Bertz CT molecular complexity index is 540. The predicted molar refractivity (Wildman–Crippen MR) is 71.7 cm³/mol. The smallest absolute Gasteiger partial charge is 0.319 e. The summed E-state index contributed by atoms with van der Waals surface area (Å²) in [5.41, 5.74) is 0.496. The van der Waals surface area contributed by atoms with E-state index in [-0.39, 0.29) is 12.4 Å². The number of rotatable bonds is 5. The molecule has 106 valence electrons. The Hall–Kier alpha value is -2.34. The number of aliphatic hydroxyl groups excluding tert-OH is 1. The van der Waals surface area contributed by atoms with Gasteiger partial charge >= 0.3 is 6.03 Å². The third kappa shape index (κ3) is 4.10. The molecule has 2 amide bonds. The zero-order chi connectivity index (χ0) is 14.4. The van der Waals surface area contributed by atoms with Crippen molar-refractivity contribution in [2.45, 2.75) is 12.5 Å². The van der Waals surface area contributed by atoms with E-state index in [1.807, 2.05) is 0 Å². The maximum Gasteiger partial charge on any atom is 0.319 e. The lowest BCUT2D eigenvalue weighted by molar-refractivity contribution is 0.140. The van der Waals surface area contributed by atoms with Crippen LogP contribution < -0.4 is 10.6 Å². The Balaban J connectivity index is 1.71. The number of hydrogen-bond donors (Lipinski definition) is 3. The van der Waals surface area contributed by atoms with E-state index in [0.717, 1.165) is 0 Å². The van der Waals surface area contributed by atoms with Gasteiger partial charge in [-0.3, -0.25) is 0 Å². The van der Waals surface area contributed by atoms with Crippen LogP contribution in [0.5, 0.6) is 0 Å². The SMILES string of the molecule is O=C(NCCC(O)c1ccco1)Nc1ccc(F)cc1. The summed E-state index contributed by atoms with van der Waals surface area (Å²) in [6.45, 7) is 0.287. The first-order valence-corrected chi connectivity index (χ1v) is 6.17. The molecule has 0 spiro atoms. The van der Waals surface area contributed by atoms with E-state index in [2.05, 4.69) is 10.6 Å². The van der Waals surface area contributed by atoms with Gasteiger partial charge in [-0.1, -0.05) is 0 Å². The second-order valence-corrected chi connectivity index (χ2v) is 4.21. The Labute approximate surface area is 115 Å². The summed E-state index contributed by atoms with van der Waals surface area (Å²) >= 11 is 0. The zero-order valence-corrected chi connectivity index (χ0v) is 10.7. The molecule has 0 fully saturated rings. The highest BCUT2D eigenvalue weighted by Crippen LogP contribution is 2.15.